The molecule has 0 radical (unpaired) electrons. The molecule has 4 nitrogen and oxygen atoms in total. The quantitative estimate of drug-likeness (QED) is 0.157. The first-order valence-electron chi connectivity index (χ1n) is 24.0. The Balaban J connectivity index is 1.31. The van der Waals surface area contributed by atoms with Crippen LogP contribution in [0.3, 0.4) is 0 Å². The van der Waals surface area contributed by atoms with Crippen LogP contribution in [0.5, 0.6) is 5.75 Å². The molecule has 2 aromatic heterocycles. The molecule has 0 unspecified atom stereocenters. The van der Waals surface area contributed by atoms with Crippen molar-refractivity contribution in [1.29, 1.82) is 0 Å². The minimum absolute atomic E-state index is 0.0884. The number of pyridine rings is 1. The Hall–Kier alpha value is -7.04. The predicted molar refractivity (Wildman–Crippen MR) is 279 cm³/mol. The van der Waals surface area contributed by atoms with Crippen LogP contribution in [0.1, 0.15) is 106 Å². The summed E-state index contributed by atoms with van der Waals surface area (Å²) in [5.74, 6) is -0.809. The van der Waals surface area contributed by atoms with Gasteiger partial charge in [0.25, 0.3) is 0 Å². The highest BCUT2D eigenvalue weighted by molar-refractivity contribution is 5.98. The van der Waals surface area contributed by atoms with Gasteiger partial charge in [0.2, 0.25) is 0 Å². The van der Waals surface area contributed by atoms with E-state index in [1.54, 1.807) is 0 Å². The molecule has 1 N–H and O–H groups in total. The fourth-order valence-electron chi connectivity index (χ4n) is 9.00. The van der Waals surface area contributed by atoms with E-state index < -0.39 is 11.8 Å². The molecule has 7 aromatic carbocycles. The number of hydrogen-bond donors (Lipinski definition) is 1. The molecule has 0 saturated heterocycles. The number of hydrogen-bond acceptors (Lipinski definition) is 3. The molecule has 0 fully saturated rings. The summed E-state index contributed by atoms with van der Waals surface area (Å²) < 4.78 is 20.1. The smallest absolute Gasteiger partial charge is 0.149 e. The van der Waals surface area contributed by atoms with Crippen molar-refractivity contribution >= 4 is 11.0 Å². The third-order valence-corrected chi connectivity index (χ3v) is 12.8. The molecule has 0 bridgehead atoms. The van der Waals surface area contributed by atoms with Crippen molar-refractivity contribution in [3.63, 3.8) is 0 Å². The first-order valence-corrected chi connectivity index (χ1v) is 23.0. The number of nitrogens with zero attached hydrogens (tertiary/aromatic N) is 3. The summed E-state index contributed by atoms with van der Waals surface area (Å²) in [6.45, 7) is 20.7. The number of imidazole rings is 1. The monoisotopic (exact) mass is 865 g/mol. The maximum atomic E-state index is 12.3. The molecule has 0 aliphatic carbocycles. The Labute approximate surface area is 394 Å². The lowest BCUT2D eigenvalue weighted by Gasteiger charge is -2.24. The minimum Gasteiger partial charge on any atom is -0.507 e. The molecule has 330 valence electrons. The van der Waals surface area contributed by atoms with Crippen molar-refractivity contribution in [2.75, 3.05) is 0 Å². The van der Waals surface area contributed by atoms with Crippen LogP contribution >= 0.6 is 0 Å². The zero-order valence-electron chi connectivity index (χ0n) is 42.0. The molecule has 0 aliphatic heterocycles. The number of fused-ring (bicyclic) bond motifs is 1. The molecule has 9 aromatic rings. The van der Waals surface area contributed by atoms with Gasteiger partial charge < -0.3 is 5.11 Å². The van der Waals surface area contributed by atoms with E-state index in [0.717, 1.165) is 89.2 Å². The maximum Gasteiger partial charge on any atom is 0.149 e. The Morgan fingerprint density at radius 1 is 0.500 bits per heavy atom. The van der Waals surface area contributed by atoms with E-state index in [-0.39, 0.29) is 16.6 Å². The van der Waals surface area contributed by atoms with Gasteiger partial charge >= 0.3 is 0 Å². The number of phenols is 1. The molecular weight excluding hydrogens is 803 g/mol. The molecular formula is C62H61N3O. The highest BCUT2D eigenvalue weighted by atomic mass is 16.3. The van der Waals surface area contributed by atoms with E-state index in [0.29, 0.717) is 11.4 Å². The van der Waals surface area contributed by atoms with Crippen LogP contribution in [0, 0.1) is 0 Å². The molecule has 0 spiro atoms. The molecule has 2 heterocycles. The minimum atomic E-state index is -0.841. The van der Waals surface area contributed by atoms with Crippen molar-refractivity contribution in [2.45, 2.75) is 91.9 Å². The number of para-hydroxylation sites is 2. The van der Waals surface area contributed by atoms with E-state index in [9.17, 15) is 5.11 Å². The number of aromatic hydroxyl groups is 1. The van der Waals surface area contributed by atoms with Gasteiger partial charge in [0.1, 0.15) is 11.6 Å². The van der Waals surface area contributed by atoms with E-state index in [1.165, 1.54) is 5.56 Å². The SMILES string of the molecule is [2H]C(C)(C)c1cc(-c2ccnc(-c3cc(-c4ccccc4)cc(-c4cccc5c4nc(-c4cccc(C(C)(C)C)c4O)n5-c4ccc(C(C)(C)C)cc4-c4ccccc4)c3)c2)cc(C([2H])(C)C)c1. The Morgan fingerprint density at radius 2 is 1.11 bits per heavy atom. The molecule has 0 amide bonds. The standard InChI is InChI=1S/C62H61N3O/c1-39(2)44-31-45(40(3)4)33-47(32-44)43-29-30-63-55(37-43)49-35-46(41-19-13-11-14-20-41)34-48(36-49)51-23-18-26-57-58(51)64-60(52-24-17-25-54(59(52)66)62(8,9)10)65(57)56-28-27-50(61(5,6)7)38-53(56)42-21-15-12-16-22-42/h11-40,66H,1-10H3/i39D,40D. The van der Waals surface area contributed by atoms with E-state index >= 15 is 0 Å². The Morgan fingerprint density at radius 3 is 1.76 bits per heavy atom. The van der Waals surface area contributed by atoms with Crippen molar-refractivity contribution in [3.05, 3.63) is 192 Å². The van der Waals surface area contributed by atoms with Gasteiger partial charge in [-0.05, 0) is 133 Å². The van der Waals surface area contributed by atoms with Crippen LogP contribution in [-0.4, -0.2) is 19.6 Å². The van der Waals surface area contributed by atoms with E-state index in [4.69, 9.17) is 12.7 Å². The molecule has 0 atom stereocenters. The largest absolute Gasteiger partial charge is 0.507 e. The zero-order valence-corrected chi connectivity index (χ0v) is 40.0. The van der Waals surface area contributed by atoms with Gasteiger partial charge in [0, 0.05) is 25.6 Å². The van der Waals surface area contributed by atoms with Crippen molar-refractivity contribution in [3.8, 4) is 78.6 Å². The van der Waals surface area contributed by atoms with Crippen LogP contribution in [0.15, 0.2) is 170 Å². The third kappa shape index (κ3) is 8.61. The lowest BCUT2D eigenvalue weighted by Crippen LogP contribution is -2.12. The fraction of sp³-hybridized carbons (Fsp3) is 0.226. The molecule has 0 saturated carbocycles. The highest BCUT2D eigenvalue weighted by Gasteiger charge is 2.27. The van der Waals surface area contributed by atoms with Gasteiger partial charge in [0.15, 0.2) is 0 Å². The van der Waals surface area contributed by atoms with E-state index in [2.05, 4.69) is 167 Å². The van der Waals surface area contributed by atoms with Crippen molar-refractivity contribution < 1.29 is 7.85 Å². The van der Waals surface area contributed by atoms with Gasteiger partial charge in [-0.2, -0.15) is 0 Å². The first kappa shape index (κ1) is 41.7. The summed E-state index contributed by atoms with van der Waals surface area (Å²) >= 11 is 0. The second-order valence-electron chi connectivity index (χ2n) is 20.1. The molecule has 9 rings (SSSR count). The summed E-state index contributed by atoms with van der Waals surface area (Å²) in [4.78, 5) is 10.6. The van der Waals surface area contributed by atoms with Gasteiger partial charge in [-0.25, -0.2) is 4.98 Å². The third-order valence-electron chi connectivity index (χ3n) is 12.8. The van der Waals surface area contributed by atoms with Crippen LogP contribution < -0.4 is 0 Å². The molecule has 66 heavy (non-hydrogen) atoms. The zero-order chi connectivity index (χ0) is 48.3. The Kier molecular flexibility index (Phi) is 11.0. The van der Waals surface area contributed by atoms with Crippen LogP contribution in [0.2, 0.25) is 0 Å². The van der Waals surface area contributed by atoms with Gasteiger partial charge in [0.05, 0.1) is 28.0 Å². The topological polar surface area (TPSA) is 50.9 Å². The second kappa shape index (κ2) is 17.4. The average molecular weight is 866 g/mol. The Bertz CT molecular complexity index is 3290. The molecule has 0 aliphatic rings. The van der Waals surface area contributed by atoms with Crippen molar-refractivity contribution in [2.24, 2.45) is 0 Å². The lowest BCUT2D eigenvalue weighted by atomic mass is 9.84. The second-order valence-corrected chi connectivity index (χ2v) is 20.1. The van der Waals surface area contributed by atoms with Crippen LogP contribution in [0.25, 0.3) is 83.9 Å². The summed E-state index contributed by atoms with van der Waals surface area (Å²) in [7, 11) is 0. The van der Waals surface area contributed by atoms with Gasteiger partial charge in [-0.1, -0.05) is 178 Å². The normalized spacial score (nSPS) is 12.9. The molecule has 4 heteroatoms. The number of phenolic OH excluding ortho intramolecular Hbond substituents is 1. The summed E-state index contributed by atoms with van der Waals surface area (Å²) in [5, 5.41) is 12.3. The average Bonchev–Trinajstić information content (AvgIpc) is 3.70. The highest BCUT2D eigenvalue weighted by Crippen LogP contribution is 2.45. The fourth-order valence-corrected chi connectivity index (χ4v) is 9.00. The number of rotatable bonds is 9. The van der Waals surface area contributed by atoms with Crippen molar-refractivity contribution in [1.82, 2.24) is 14.5 Å². The van der Waals surface area contributed by atoms with Crippen LogP contribution in [-0.2, 0) is 10.8 Å². The van der Waals surface area contributed by atoms with Gasteiger partial charge in [-0.3, -0.25) is 9.55 Å². The summed E-state index contributed by atoms with van der Waals surface area (Å²) in [5.41, 5.74) is 16.6. The number of benzene rings is 7. The summed E-state index contributed by atoms with van der Waals surface area (Å²) in [6, 6.07) is 57.1. The van der Waals surface area contributed by atoms with Crippen LogP contribution in [0.4, 0.5) is 0 Å². The summed E-state index contributed by atoms with van der Waals surface area (Å²) in [6.07, 6.45) is 1.85. The first-order chi connectivity index (χ1) is 32.1. The van der Waals surface area contributed by atoms with Gasteiger partial charge in [-0.15, -0.1) is 0 Å². The lowest BCUT2D eigenvalue weighted by molar-refractivity contribution is 0.448. The predicted octanol–water partition coefficient (Wildman–Crippen LogP) is 17.0. The maximum absolute atomic E-state index is 12.3. The number of aromatic nitrogens is 3. The van der Waals surface area contributed by atoms with E-state index in [1.807, 2.05) is 76.4 Å².